The molecule has 1 aliphatic rings. The van der Waals surface area contributed by atoms with Crippen molar-refractivity contribution in [3.05, 3.63) is 83.7 Å². The Morgan fingerprint density at radius 1 is 1.15 bits per heavy atom. The van der Waals surface area contributed by atoms with Crippen molar-refractivity contribution < 1.29 is 13.9 Å². The fourth-order valence-corrected chi connectivity index (χ4v) is 4.32. The Balaban J connectivity index is 1.42. The zero-order chi connectivity index (χ0) is 23.2. The Morgan fingerprint density at radius 2 is 2.03 bits per heavy atom. The first-order valence-corrected chi connectivity index (χ1v) is 10.7. The highest BCUT2D eigenvalue weighted by atomic mass is 35.5. The fourth-order valence-electron chi connectivity index (χ4n) is 4.06. The summed E-state index contributed by atoms with van der Waals surface area (Å²) in [5, 5.41) is 11.3. The minimum atomic E-state index is -0.523. The van der Waals surface area contributed by atoms with Crippen molar-refractivity contribution in [1.29, 1.82) is 0 Å². The van der Waals surface area contributed by atoms with Gasteiger partial charge in [-0.1, -0.05) is 35.9 Å². The van der Waals surface area contributed by atoms with Crippen LogP contribution >= 0.6 is 11.6 Å². The summed E-state index contributed by atoms with van der Waals surface area (Å²) in [6, 6.07) is 13.3. The molecule has 1 aliphatic heterocycles. The predicted octanol–water partition coefficient (Wildman–Crippen LogP) is 4.67. The van der Waals surface area contributed by atoms with Gasteiger partial charge in [0.25, 0.3) is 0 Å². The van der Waals surface area contributed by atoms with E-state index in [9.17, 15) is 9.18 Å². The molecule has 9 nitrogen and oxygen atoms in total. The summed E-state index contributed by atoms with van der Waals surface area (Å²) in [6.07, 6.45) is 4.09. The number of ether oxygens (including phenoxy) is 1. The molecule has 0 aliphatic carbocycles. The van der Waals surface area contributed by atoms with E-state index in [1.165, 1.54) is 17.3 Å². The number of benzene rings is 2. The van der Waals surface area contributed by atoms with E-state index in [1.54, 1.807) is 41.2 Å². The lowest BCUT2D eigenvalue weighted by atomic mass is 10.1. The number of amides is 1. The summed E-state index contributed by atoms with van der Waals surface area (Å²) in [7, 11) is 0. The molecule has 5 aromatic rings. The van der Waals surface area contributed by atoms with Gasteiger partial charge in [-0.25, -0.2) is 23.7 Å². The molecule has 11 heteroatoms. The third-order valence-corrected chi connectivity index (χ3v) is 6.03. The van der Waals surface area contributed by atoms with Crippen LogP contribution in [0.15, 0.2) is 67.3 Å². The highest BCUT2D eigenvalue weighted by Gasteiger charge is 2.37. The van der Waals surface area contributed by atoms with Gasteiger partial charge in [-0.3, -0.25) is 10.00 Å². The third-order valence-electron chi connectivity index (χ3n) is 5.69. The molecular weight excluding hydrogens is 461 g/mol. The Labute approximate surface area is 196 Å². The number of aromatic nitrogens is 6. The molecule has 1 amide bonds. The average molecular weight is 476 g/mol. The number of hydrogen-bond acceptors (Lipinski definition) is 6. The molecule has 1 N–H and O–H groups in total. The summed E-state index contributed by atoms with van der Waals surface area (Å²) in [5.41, 5.74) is 2.70. The van der Waals surface area contributed by atoms with E-state index in [-0.39, 0.29) is 6.61 Å². The highest BCUT2D eigenvalue weighted by molar-refractivity contribution is 6.31. The van der Waals surface area contributed by atoms with Gasteiger partial charge in [-0.05, 0) is 35.4 Å². The molecule has 0 bridgehead atoms. The average Bonchev–Trinajstić information content (AvgIpc) is 3.59. The lowest BCUT2D eigenvalue weighted by Gasteiger charge is -2.21. The number of halogens is 2. The number of carbonyl (C=O) groups excluding carboxylic acids is 1. The summed E-state index contributed by atoms with van der Waals surface area (Å²) in [6.45, 7) is 0.149. The van der Waals surface area contributed by atoms with Crippen molar-refractivity contribution in [3.8, 4) is 22.5 Å². The number of fused-ring (bicyclic) bond motifs is 1. The first-order chi connectivity index (χ1) is 16.6. The molecule has 1 saturated heterocycles. The number of nitrogens with one attached hydrogen (secondary N) is 1. The van der Waals surface area contributed by atoms with Crippen LogP contribution in [-0.4, -0.2) is 42.5 Å². The van der Waals surface area contributed by atoms with Crippen LogP contribution in [0.2, 0.25) is 5.02 Å². The standard InChI is InChI=1S/C23H15ClFN7O2/c24-17-4-2-1-3-14(17)19-11-34-23(33)32(19)20-7-8-31-22(29-20)16(10-28-31)13-5-6-15(18(25)9-13)21-26-12-27-30-21/h1-10,12,19H,11H2,(H,26,27,30). The Morgan fingerprint density at radius 3 is 2.82 bits per heavy atom. The lowest BCUT2D eigenvalue weighted by Crippen LogP contribution is -2.28. The molecule has 1 unspecified atom stereocenters. The van der Waals surface area contributed by atoms with Gasteiger partial charge >= 0.3 is 6.09 Å². The quantitative estimate of drug-likeness (QED) is 0.405. The number of carbonyl (C=O) groups is 1. The first kappa shape index (κ1) is 20.3. The summed E-state index contributed by atoms with van der Waals surface area (Å²) in [4.78, 5) is 22.8. The number of nitrogens with zero attached hydrogens (tertiary/aromatic N) is 6. The van der Waals surface area contributed by atoms with E-state index < -0.39 is 18.0 Å². The molecular formula is C23H15ClFN7O2. The minimum Gasteiger partial charge on any atom is -0.447 e. The molecule has 6 rings (SSSR count). The monoisotopic (exact) mass is 475 g/mol. The minimum absolute atomic E-state index is 0.149. The molecule has 0 radical (unpaired) electrons. The number of rotatable bonds is 4. The summed E-state index contributed by atoms with van der Waals surface area (Å²) in [5.74, 6) is 0.245. The van der Waals surface area contributed by atoms with Gasteiger partial charge in [-0.15, -0.1) is 0 Å². The number of H-pyrrole nitrogens is 1. The molecule has 0 saturated carbocycles. The topological polar surface area (TPSA) is 101 Å². The van der Waals surface area contributed by atoms with E-state index in [4.69, 9.17) is 16.3 Å². The Hall–Kier alpha value is -4.31. The van der Waals surface area contributed by atoms with E-state index in [0.29, 0.717) is 39.0 Å². The van der Waals surface area contributed by atoms with Gasteiger partial charge in [0, 0.05) is 16.8 Å². The zero-order valence-electron chi connectivity index (χ0n) is 17.4. The van der Waals surface area contributed by atoms with Crippen molar-refractivity contribution in [2.24, 2.45) is 0 Å². The summed E-state index contributed by atoms with van der Waals surface area (Å²) >= 11 is 6.38. The van der Waals surface area contributed by atoms with Crippen LogP contribution in [0.25, 0.3) is 28.2 Å². The van der Waals surface area contributed by atoms with Gasteiger partial charge in [0.1, 0.15) is 30.6 Å². The van der Waals surface area contributed by atoms with Crippen molar-refractivity contribution in [1.82, 2.24) is 29.8 Å². The smallest absolute Gasteiger partial charge is 0.416 e. The largest absolute Gasteiger partial charge is 0.447 e. The molecule has 1 fully saturated rings. The second-order valence-corrected chi connectivity index (χ2v) is 8.03. The number of cyclic esters (lactones) is 1. The van der Waals surface area contributed by atoms with Crippen molar-refractivity contribution in [3.63, 3.8) is 0 Å². The van der Waals surface area contributed by atoms with Crippen LogP contribution in [-0.2, 0) is 4.74 Å². The normalized spacial score (nSPS) is 15.8. The molecule has 168 valence electrons. The number of anilines is 1. The van der Waals surface area contributed by atoms with Gasteiger partial charge in [0.15, 0.2) is 11.5 Å². The van der Waals surface area contributed by atoms with Crippen LogP contribution in [0.3, 0.4) is 0 Å². The predicted molar refractivity (Wildman–Crippen MR) is 122 cm³/mol. The van der Waals surface area contributed by atoms with Crippen LogP contribution in [0, 0.1) is 5.82 Å². The molecule has 0 spiro atoms. The maximum absolute atomic E-state index is 14.8. The second kappa shape index (κ2) is 7.92. The van der Waals surface area contributed by atoms with Gasteiger partial charge < -0.3 is 4.74 Å². The fraction of sp³-hybridized carbons (Fsp3) is 0.0870. The van der Waals surface area contributed by atoms with Gasteiger partial charge in [-0.2, -0.15) is 10.2 Å². The maximum atomic E-state index is 14.8. The molecule has 2 aromatic carbocycles. The third kappa shape index (κ3) is 3.27. The van der Waals surface area contributed by atoms with E-state index >= 15 is 0 Å². The Kier molecular flexibility index (Phi) is 4.73. The van der Waals surface area contributed by atoms with Crippen LogP contribution in [0.1, 0.15) is 11.6 Å². The first-order valence-electron chi connectivity index (χ1n) is 10.3. The maximum Gasteiger partial charge on any atom is 0.416 e. The number of aromatic amines is 1. The van der Waals surface area contributed by atoms with Gasteiger partial charge in [0.05, 0.1) is 11.8 Å². The van der Waals surface area contributed by atoms with Crippen LogP contribution in [0.5, 0.6) is 0 Å². The molecule has 3 aromatic heterocycles. The van der Waals surface area contributed by atoms with Crippen molar-refractivity contribution >= 4 is 29.2 Å². The zero-order valence-corrected chi connectivity index (χ0v) is 18.1. The van der Waals surface area contributed by atoms with Gasteiger partial charge in [0.2, 0.25) is 0 Å². The lowest BCUT2D eigenvalue weighted by molar-refractivity contribution is 0.179. The number of hydrogen-bond donors (Lipinski definition) is 1. The SMILES string of the molecule is O=C1OCC(c2ccccc2Cl)N1c1ccn2ncc(-c3ccc(-c4ncn[nH]4)c(F)c3)c2n1. The van der Waals surface area contributed by atoms with Crippen LogP contribution < -0.4 is 4.90 Å². The molecule has 34 heavy (non-hydrogen) atoms. The second-order valence-electron chi connectivity index (χ2n) is 7.63. The molecule has 4 heterocycles. The van der Waals surface area contributed by atoms with E-state index in [0.717, 1.165) is 5.56 Å². The highest BCUT2D eigenvalue weighted by Crippen LogP contribution is 2.36. The van der Waals surface area contributed by atoms with Crippen LogP contribution in [0.4, 0.5) is 15.0 Å². The van der Waals surface area contributed by atoms with E-state index in [2.05, 4.69) is 25.3 Å². The Bertz CT molecular complexity index is 1540. The molecule has 1 atom stereocenters. The van der Waals surface area contributed by atoms with E-state index in [1.807, 2.05) is 18.2 Å². The van der Waals surface area contributed by atoms with Crippen molar-refractivity contribution in [2.45, 2.75) is 6.04 Å². The van der Waals surface area contributed by atoms with Crippen molar-refractivity contribution in [2.75, 3.05) is 11.5 Å². The summed E-state index contributed by atoms with van der Waals surface area (Å²) < 4.78 is 21.7.